The van der Waals surface area contributed by atoms with Crippen LogP contribution in [0.15, 0.2) is 48.5 Å². The molecular formula is C19H17ClN4O3S. The van der Waals surface area contributed by atoms with Crippen molar-refractivity contribution in [2.45, 2.75) is 6.42 Å². The van der Waals surface area contributed by atoms with Crippen molar-refractivity contribution in [1.29, 1.82) is 0 Å². The number of carbonyl (C=O) groups is 2. The molecule has 0 radical (unpaired) electrons. The highest BCUT2D eigenvalue weighted by molar-refractivity contribution is 7.18. The molecule has 3 rings (SSSR count). The van der Waals surface area contributed by atoms with E-state index in [9.17, 15) is 9.59 Å². The Bertz CT molecular complexity index is 975. The van der Waals surface area contributed by atoms with Crippen LogP contribution in [0.4, 0.5) is 10.8 Å². The zero-order valence-electron chi connectivity index (χ0n) is 14.9. The number of ether oxygens (including phenoxy) is 1. The summed E-state index contributed by atoms with van der Waals surface area (Å²) in [4.78, 5) is 24.1. The van der Waals surface area contributed by atoms with Crippen molar-refractivity contribution in [3.8, 4) is 16.3 Å². The molecule has 0 aliphatic carbocycles. The molecule has 7 nitrogen and oxygen atoms in total. The van der Waals surface area contributed by atoms with Crippen LogP contribution in [0.5, 0.6) is 5.75 Å². The van der Waals surface area contributed by atoms with Crippen molar-refractivity contribution in [2.75, 3.05) is 23.6 Å². The Morgan fingerprint density at radius 1 is 1.11 bits per heavy atom. The number of anilines is 2. The first-order valence-electron chi connectivity index (χ1n) is 8.34. The lowest BCUT2D eigenvalue weighted by molar-refractivity contribution is -0.115. The van der Waals surface area contributed by atoms with Crippen molar-refractivity contribution in [2.24, 2.45) is 0 Å². The largest absolute Gasteiger partial charge is 0.497 e. The second-order valence-electron chi connectivity index (χ2n) is 5.66. The van der Waals surface area contributed by atoms with Crippen LogP contribution in [0.25, 0.3) is 10.6 Å². The number of benzene rings is 2. The van der Waals surface area contributed by atoms with Gasteiger partial charge in [0.25, 0.3) is 5.91 Å². The Labute approximate surface area is 170 Å². The Hall–Kier alpha value is -2.97. The monoisotopic (exact) mass is 416 g/mol. The molecule has 1 heterocycles. The fourth-order valence-electron chi connectivity index (χ4n) is 2.34. The molecule has 0 unspecified atom stereocenters. The van der Waals surface area contributed by atoms with Gasteiger partial charge < -0.3 is 10.1 Å². The van der Waals surface area contributed by atoms with Crippen LogP contribution in [-0.4, -0.2) is 35.0 Å². The topological polar surface area (TPSA) is 93.2 Å². The number of rotatable bonds is 7. The van der Waals surface area contributed by atoms with Gasteiger partial charge in [-0.2, -0.15) is 0 Å². The lowest BCUT2D eigenvalue weighted by Gasteiger charge is -2.06. The number of alkyl halides is 1. The van der Waals surface area contributed by atoms with Crippen molar-refractivity contribution in [3.05, 3.63) is 54.1 Å². The van der Waals surface area contributed by atoms with E-state index < -0.39 is 0 Å². The summed E-state index contributed by atoms with van der Waals surface area (Å²) in [5.74, 6) is 0.436. The first kappa shape index (κ1) is 19.8. The molecule has 28 heavy (non-hydrogen) atoms. The number of aromatic nitrogens is 2. The lowest BCUT2D eigenvalue weighted by atomic mass is 10.2. The minimum absolute atomic E-state index is 0.205. The van der Waals surface area contributed by atoms with Gasteiger partial charge in [0, 0.05) is 29.1 Å². The van der Waals surface area contributed by atoms with Crippen LogP contribution in [-0.2, 0) is 4.79 Å². The van der Waals surface area contributed by atoms with Crippen molar-refractivity contribution < 1.29 is 14.3 Å². The van der Waals surface area contributed by atoms with E-state index >= 15 is 0 Å². The van der Waals surface area contributed by atoms with Crippen LogP contribution in [0.2, 0.25) is 0 Å². The molecule has 1 aromatic heterocycles. The Balaban J connectivity index is 1.68. The summed E-state index contributed by atoms with van der Waals surface area (Å²) in [7, 11) is 1.60. The number of hydrogen-bond donors (Lipinski definition) is 2. The molecule has 0 saturated carbocycles. The molecule has 0 spiro atoms. The van der Waals surface area contributed by atoms with Crippen LogP contribution in [0, 0.1) is 0 Å². The van der Waals surface area contributed by atoms with Crippen LogP contribution >= 0.6 is 22.9 Å². The molecule has 0 fully saturated rings. The van der Waals surface area contributed by atoms with E-state index in [0.717, 1.165) is 11.3 Å². The Morgan fingerprint density at radius 2 is 1.89 bits per heavy atom. The zero-order valence-corrected chi connectivity index (χ0v) is 16.5. The molecule has 144 valence electrons. The third-order valence-corrected chi connectivity index (χ3v) is 4.79. The Morgan fingerprint density at radius 3 is 2.61 bits per heavy atom. The van der Waals surface area contributed by atoms with E-state index in [0.29, 0.717) is 21.4 Å². The molecule has 0 atom stereocenters. The zero-order chi connectivity index (χ0) is 19.9. The summed E-state index contributed by atoms with van der Waals surface area (Å²) >= 11 is 6.82. The maximum atomic E-state index is 12.5. The SMILES string of the molecule is COc1ccc(-c2nnc(NC(=O)c3cccc(NC(=O)CCCl)c3)s2)cc1. The molecule has 9 heteroatoms. The van der Waals surface area contributed by atoms with Crippen molar-refractivity contribution >= 4 is 45.6 Å². The number of hydrogen-bond acceptors (Lipinski definition) is 6. The van der Waals surface area contributed by atoms with E-state index in [1.54, 1.807) is 31.4 Å². The number of amides is 2. The number of methoxy groups -OCH3 is 1. The summed E-state index contributed by atoms with van der Waals surface area (Å²) in [5, 5.41) is 14.6. The van der Waals surface area contributed by atoms with Gasteiger partial charge in [-0.05, 0) is 42.5 Å². The van der Waals surface area contributed by atoms with Crippen molar-refractivity contribution in [1.82, 2.24) is 10.2 Å². The summed E-state index contributed by atoms with van der Waals surface area (Å²) in [6.45, 7) is 0. The summed E-state index contributed by atoms with van der Waals surface area (Å²) in [6, 6.07) is 14.0. The number of nitrogens with zero attached hydrogens (tertiary/aromatic N) is 2. The minimum Gasteiger partial charge on any atom is -0.497 e. The van der Waals surface area contributed by atoms with Gasteiger partial charge in [0.1, 0.15) is 10.8 Å². The molecule has 0 aliphatic rings. The summed E-state index contributed by atoms with van der Waals surface area (Å²) in [6.07, 6.45) is 0.205. The molecule has 0 aliphatic heterocycles. The van der Waals surface area contributed by atoms with E-state index in [-0.39, 0.29) is 24.1 Å². The number of halogens is 1. The second kappa shape index (κ2) is 9.29. The highest BCUT2D eigenvalue weighted by Gasteiger charge is 2.12. The highest BCUT2D eigenvalue weighted by Crippen LogP contribution is 2.28. The van der Waals surface area contributed by atoms with Gasteiger partial charge in [-0.1, -0.05) is 17.4 Å². The molecule has 2 amide bonds. The third-order valence-electron chi connectivity index (χ3n) is 3.71. The summed E-state index contributed by atoms with van der Waals surface area (Å²) < 4.78 is 5.14. The van der Waals surface area contributed by atoms with Gasteiger partial charge in [-0.3, -0.25) is 14.9 Å². The van der Waals surface area contributed by atoms with Gasteiger partial charge in [-0.15, -0.1) is 21.8 Å². The molecule has 3 aromatic rings. The first-order valence-corrected chi connectivity index (χ1v) is 9.69. The van der Waals surface area contributed by atoms with E-state index in [1.165, 1.54) is 11.3 Å². The van der Waals surface area contributed by atoms with Gasteiger partial charge in [0.2, 0.25) is 11.0 Å². The van der Waals surface area contributed by atoms with Crippen LogP contribution in [0.1, 0.15) is 16.8 Å². The van der Waals surface area contributed by atoms with E-state index in [1.807, 2.05) is 24.3 Å². The highest BCUT2D eigenvalue weighted by atomic mass is 35.5. The maximum Gasteiger partial charge on any atom is 0.257 e. The Kier molecular flexibility index (Phi) is 6.57. The van der Waals surface area contributed by atoms with Crippen molar-refractivity contribution in [3.63, 3.8) is 0 Å². The van der Waals surface area contributed by atoms with Crippen LogP contribution in [0.3, 0.4) is 0 Å². The van der Waals surface area contributed by atoms with Gasteiger partial charge >= 0.3 is 0 Å². The van der Waals surface area contributed by atoms with Crippen LogP contribution < -0.4 is 15.4 Å². The predicted molar refractivity (Wildman–Crippen MR) is 110 cm³/mol. The molecule has 2 N–H and O–H groups in total. The smallest absolute Gasteiger partial charge is 0.257 e. The van der Waals surface area contributed by atoms with Gasteiger partial charge in [0.15, 0.2) is 0 Å². The third kappa shape index (κ3) is 5.05. The average Bonchev–Trinajstić information content (AvgIpc) is 3.17. The van der Waals surface area contributed by atoms with E-state index in [4.69, 9.17) is 16.3 Å². The quantitative estimate of drug-likeness (QED) is 0.567. The first-order chi connectivity index (χ1) is 13.6. The molecule has 2 aromatic carbocycles. The molecular weight excluding hydrogens is 400 g/mol. The fraction of sp³-hybridized carbons (Fsp3) is 0.158. The normalized spacial score (nSPS) is 10.4. The van der Waals surface area contributed by atoms with Gasteiger partial charge in [-0.25, -0.2) is 0 Å². The van der Waals surface area contributed by atoms with E-state index in [2.05, 4.69) is 20.8 Å². The maximum absolute atomic E-state index is 12.5. The number of nitrogens with one attached hydrogen (secondary N) is 2. The lowest BCUT2D eigenvalue weighted by Crippen LogP contribution is -2.14. The number of carbonyl (C=O) groups excluding carboxylic acids is 2. The fourth-order valence-corrected chi connectivity index (χ4v) is 3.26. The average molecular weight is 417 g/mol. The molecule has 0 bridgehead atoms. The standard InChI is InChI=1S/C19H17ClN4O3S/c1-27-15-7-5-12(6-8-15)18-23-24-19(28-18)22-17(26)13-3-2-4-14(11-13)21-16(25)9-10-20/h2-8,11H,9-10H2,1H3,(H,21,25)(H,22,24,26). The minimum atomic E-state index is -0.342. The summed E-state index contributed by atoms with van der Waals surface area (Å²) in [5.41, 5.74) is 1.80. The predicted octanol–water partition coefficient (Wildman–Crippen LogP) is 4.03. The van der Waals surface area contributed by atoms with Gasteiger partial charge in [0.05, 0.1) is 7.11 Å². The molecule has 0 saturated heterocycles. The second-order valence-corrected chi connectivity index (χ2v) is 7.02.